The molecule has 0 radical (unpaired) electrons. The van der Waals surface area contributed by atoms with E-state index in [1.807, 2.05) is 0 Å². The van der Waals surface area contributed by atoms with Crippen molar-refractivity contribution < 1.29 is 19.4 Å². The highest BCUT2D eigenvalue weighted by Gasteiger charge is 2.19. The van der Waals surface area contributed by atoms with Crippen LogP contribution in [0.15, 0.2) is 23.3 Å². The van der Waals surface area contributed by atoms with Crippen molar-refractivity contribution in [2.45, 2.75) is 44.6 Å². The summed E-state index contributed by atoms with van der Waals surface area (Å²) in [7, 11) is 1.44. The lowest BCUT2D eigenvalue weighted by atomic mass is 10.1. The molecule has 1 aromatic rings. The van der Waals surface area contributed by atoms with Crippen molar-refractivity contribution in [3.8, 4) is 11.5 Å². The van der Waals surface area contributed by atoms with Crippen molar-refractivity contribution in [3.63, 3.8) is 0 Å². The van der Waals surface area contributed by atoms with Crippen LogP contribution < -0.4 is 15.5 Å². The minimum absolute atomic E-state index is 0.0152. The number of aromatic hydroxyl groups is 1. The van der Waals surface area contributed by atoms with Crippen molar-refractivity contribution in [1.29, 1.82) is 0 Å². The second-order valence-electron chi connectivity index (χ2n) is 5.79. The van der Waals surface area contributed by atoms with Crippen LogP contribution in [0.3, 0.4) is 0 Å². The molecule has 1 fully saturated rings. The number of amides is 2. The molecule has 7 nitrogen and oxygen atoms in total. The Hall–Kier alpha value is -2.57. The topological polar surface area (TPSA) is 100 Å². The zero-order valence-electron chi connectivity index (χ0n) is 13.7. The molecule has 0 aliphatic heterocycles. The van der Waals surface area contributed by atoms with Crippen LogP contribution in [0.1, 0.15) is 44.1 Å². The summed E-state index contributed by atoms with van der Waals surface area (Å²) in [6.07, 6.45) is 7.71. The first kappa shape index (κ1) is 17.8. The number of methoxy groups -OCH3 is 1. The minimum atomic E-state index is -0.791. The molecule has 3 N–H and O–H groups in total. The second-order valence-corrected chi connectivity index (χ2v) is 5.79. The number of ether oxygens (including phenoxy) is 1. The summed E-state index contributed by atoms with van der Waals surface area (Å²) in [6, 6.07) is 4.70. The average Bonchev–Trinajstić information content (AvgIpc) is 2.84. The van der Waals surface area contributed by atoms with Crippen LogP contribution in [0.4, 0.5) is 0 Å². The first-order valence-electron chi connectivity index (χ1n) is 8.11. The highest BCUT2D eigenvalue weighted by Crippen LogP contribution is 2.25. The van der Waals surface area contributed by atoms with E-state index in [4.69, 9.17) is 4.74 Å². The Kier molecular flexibility index (Phi) is 6.60. The zero-order valence-corrected chi connectivity index (χ0v) is 13.7. The van der Waals surface area contributed by atoms with Crippen molar-refractivity contribution >= 4 is 18.0 Å². The SMILES string of the molecule is COc1cc(/C=N\NC(=O)C(=O)NC2CCCCCC2)ccc1O. The highest BCUT2D eigenvalue weighted by molar-refractivity contribution is 6.35. The summed E-state index contributed by atoms with van der Waals surface area (Å²) >= 11 is 0. The molecule has 2 amide bonds. The summed E-state index contributed by atoms with van der Waals surface area (Å²) in [6.45, 7) is 0. The van der Waals surface area contributed by atoms with Crippen molar-refractivity contribution in [2.75, 3.05) is 7.11 Å². The van der Waals surface area contributed by atoms with Crippen LogP contribution in [0, 0.1) is 0 Å². The number of carbonyl (C=O) groups excluding carboxylic acids is 2. The van der Waals surface area contributed by atoms with Gasteiger partial charge in [0.1, 0.15) is 0 Å². The third-order valence-corrected chi connectivity index (χ3v) is 3.98. The molecule has 1 aliphatic carbocycles. The maximum atomic E-state index is 11.9. The van der Waals surface area contributed by atoms with Crippen molar-refractivity contribution in [3.05, 3.63) is 23.8 Å². The molecular weight excluding hydrogens is 310 g/mol. The third kappa shape index (κ3) is 5.26. The van der Waals surface area contributed by atoms with Gasteiger partial charge < -0.3 is 15.2 Å². The van der Waals surface area contributed by atoms with Gasteiger partial charge in [0.15, 0.2) is 11.5 Å². The molecule has 130 valence electrons. The van der Waals surface area contributed by atoms with Crippen LogP contribution >= 0.6 is 0 Å². The fourth-order valence-electron chi connectivity index (χ4n) is 2.67. The summed E-state index contributed by atoms with van der Waals surface area (Å²) < 4.78 is 4.98. The number of carbonyl (C=O) groups is 2. The molecule has 0 spiro atoms. The van der Waals surface area contributed by atoms with E-state index in [-0.39, 0.29) is 11.8 Å². The summed E-state index contributed by atoms with van der Waals surface area (Å²) in [5.41, 5.74) is 2.82. The molecule has 0 atom stereocenters. The Bertz CT molecular complexity index is 608. The number of hydrazone groups is 1. The van der Waals surface area contributed by atoms with E-state index < -0.39 is 11.8 Å². The molecule has 1 saturated carbocycles. The lowest BCUT2D eigenvalue weighted by Crippen LogP contribution is -2.43. The quantitative estimate of drug-likeness (QED) is 0.338. The summed E-state index contributed by atoms with van der Waals surface area (Å²) in [5.74, 6) is -1.14. The van der Waals surface area contributed by atoms with Gasteiger partial charge in [-0.25, -0.2) is 5.43 Å². The smallest absolute Gasteiger partial charge is 0.329 e. The Morgan fingerprint density at radius 1 is 1.21 bits per heavy atom. The number of nitrogens with zero attached hydrogens (tertiary/aromatic N) is 1. The van der Waals surface area contributed by atoms with E-state index in [1.165, 1.54) is 32.2 Å². The van der Waals surface area contributed by atoms with E-state index in [1.54, 1.807) is 12.1 Å². The molecule has 0 aromatic heterocycles. The van der Waals surface area contributed by atoms with Gasteiger partial charge in [0.2, 0.25) is 0 Å². The van der Waals surface area contributed by atoms with Gasteiger partial charge in [-0.1, -0.05) is 25.7 Å². The van der Waals surface area contributed by atoms with Gasteiger partial charge in [0, 0.05) is 6.04 Å². The van der Waals surface area contributed by atoms with Crippen molar-refractivity contribution in [1.82, 2.24) is 10.7 Å². The normalized spacial score (nSPS) is 15.7. The molecule has 1 aliphatic rings. The van der Waals surface area contributed by atoms with Crippen LogP contribution in [0.2, 0.25) is 0 Å². The zero-order chi connectivity index (χ0) is 17.4. The Labute approximate surface area is 141 Å². The monoisotopic (exact) mass is 333 g/mol. The second kappa shape index (κ2) is 8.90. The third-order valence-electron chi connectivity index (χ3n) is 3.98. The van der Waals surface area contributed by atoms with Crippen LogP contribution in [0.25, 0.3) is 0 Å². The molecule has 1 aromatic carbocycles. The fraction of sp³-hybridized carbons (Fsp3) is 0.471. The number of hydrogen-bond donors (Lipinski definition) is 3. The van der Waals surface area contributed by atoms with E-state index in [0.717, 1.165) is 25.7 Å². The van der Waals surface area contributed by atoms with E-state index in [0.29, 0.717) is 11.3 Å². The molecule has 7 heteroatoms. The predicted octanol–water partition coefficient (Wildman–Crippen LogP) is 1.69. The summed E-state index contributed by atoms with van der Waals surface area (Å²) in [4.78, 5) is 23.6. The Balaban J connectivity index is 1.84. The maximum Gasteiger partial charge on any atom is 0.329 e. The van der Waals surface area contributed by atoms with Crippen LogP contribution in [0.5, 0.6) is 11.5 Å². The van der Waals surface area contributed by atoms with Gasteiger partial charge >= 0.3 is 11.8 Å². The number of phenolic OH excluding ortho intramolecular Hbond substituents is 1. The van der Waals surface area contributed by atoms with Crippen LogP contribution in [-0.4, -0.2) is 36.3 Å². The van der Waals surface area contributed by atoms with Gasteiger partial charge in [-0.3, -0.25) is 9.59 Å². The van der Waals surface area contributed by atoms with Gasteiger partial charge in [0.25, 0.3) is 0 Å². The van der Waals surface area contributed by atoms with Crippen molar-refractivity contribution in [2.24, 2.45) is 5.10 Å². The van der Waals surface area contributed by atoms with E-state index in [2.05, 4.69) is 15.8 Å². The molecular formula is C17H23N3O4. The Morgan fingerprint density at radius 2 is 1.92 bits per heavy atom. The molecule has 0 bridgehead atoms. The minimum Gasteiger partial charge on any atom is -0.504 e. The first-order valence-corrected chi connectivity index (χ1v) is 8.11. The molecule has 24 heavy (non-hydrogen) atoms. The van der Waals surface area contributed by atoms with Gasteiger partial charge in [-0.15, -0.1) is 0 Å². The Morgan fingerprint density at radius 3 is 2.58 bits per heavy atom. The lowest BCUT2D eigenvalue weighted by molar-refractivity contribution is -0.139. The number of nitrogens with one attached hydrogen (secondary N) is 2. The molecule has 0 saturated heterocycles. The first-order chi connectivity index (χ1) is 11.6. The molecule has 2 rings (SSSR count). The summed E-state index contributed by atoms with van der Waals surface area (Å²) in [5, 5.41) is 16.0. The number of hydrogen-bond acceptors (Lipinski definition) is 5. The molecule has 0 heterocycles. The fourth-order valence-corrected chi connectivity index (χ4v) is 2.67. The van der Waals surface area contributed by atoms with Gasteiger partial charge in [0.05, 0.1) is 13.3 Å². The highest BCUT2D eigenvalue weighted by atomic mass is 16.5. The van der Waals surface area contributed by atoms with E-state index >= 15 is 0 Å². The lowest BCUT2D eigenvalue weighted by Gasteiger charge is -2.14. The van der Waals surface area contributed by atoms with Crippen LogP contribution in [-0.2, 0) is 9.59 Å². The number of benzene rings is 1. The maximum absolute atomic E-state index is 11.9. The van der Waals surface area contributed by atoms with E-state index in [9.17, 15) is 14.7 Å². The predicted molar refractivity (Wildman–Crippen MR) is 90.0 cm³/mol. The number of phenols is 1. The average molecular weight is 333 g/mol. The standard InChI is InChI=1S/C17H23N3O4/c1-24-15-10-12(8-9-14(15)21)11-18-20-17(23)16(22)19-13-6-4-2-3-5-7-13/h8-11,13,21H,2-7H2,1H3,(H,19,22)(H,20,23)/b18-11-. The molecule has 0 unspecified atom stereocenters. The van der Waals surface area contributed by atoms with Gasteiger partial charge in [-0.05, 0) is 36.6 Å². The largest absolute Gasteiger partial charge is 0.504 e. The number of rotatable bonds is 4. The van der Waals surface area contributed by atoms with Gasteiger partial charge in [-0.2, -0.15) is 5.10 Å².